The molecule has 2 fully saturated rings. The third-order valence-electron chi connectivity index (χ3n) is 4.21. The van der Waals surface area contributed by atoms with Gasteiger partial charge in [-0.25, -0.2) is 0 Å². The predicted octanol–water partition coefficient (Wildman–Crippen LogP) is 0.608. The highest BCUT2D eigenvalue weighted by Gasteiger charge is 2.35. The minimum atomic E-state index is 0.487. The standard InChI is InChI=1S/C13H21N5/c1-10-8-17-6-2-3-12(17)9-18(10)13-11(7-14)4-5-15-16-13/h4-5,10,12H,2-3,6-9,14H2,1H3. The van der Waals surface area contributed by atoms with Gasteiger partial charge in [-0.2, -0.15) is 5.10 Å². The fourth-order valence-corrected chi connectivity index (χ4v) is 3.23. The maximum absolute atomic E-state index is 5.80. The minimum absolute atomic E-state index is 0.487. The van der Waals surface area contributed by atoms with Gasteiger partial charge in [-0.1, -0.05) is 0 Å². The van der Waals surface area contributed by atoms with Gasteiger partial charge >= 0.3 is 0 Å². The first kappa shape index (κ1) is 11.9. The van der Waals surface area contributed by atoms with E-state index in [2.05, 4.69) is 26.9 Å². The molecule has 5 nitrogen and oxygen atoms in total. The molecule has 3 rings (SSSR count). The van der Waals surface area contributed by atoms with E-state index in [1.807, 2.05) is 6.07 Å². The first-order valence-electron chi connectivity index (χ1n) is 6.81. The molecule has 2 N–H and O–H groups in total. The Labute approximate surface area is 108 Å². The zero-order valence-corrected chi connectivity index (χ0v) is 10.9. The molecule has 0 amide bonds. The quantitative estimate of drug-likeness (QED) is 0.829. The van der Waals surface area contributed by atoms with Gasteiger partial charge in [0.15, 0.2) is 5.82 Å². The second kappa shape index (κ2) is 4.82. The van der Waals surface area contributed by atoms with E-state index in [0.717, 1.165) is 24.5 Å². The smallest absolute Gasteiger partial charge is 0.156 e. The Kier molecular flexibility index (Phi) is 3.18. The molecule has 3 heterocycles. The zero-order valence-electron chi connectivity index (χ0n) is 10.9. The van der Waals surface area contributed by atoms with Gasteiger partial charge in [-0.05, 0) is 32.4 Å². The van der Waals surface area contributed by atoms with E-state index in [9.17, 15) is 0 Å². The fourth-order valence-electron chi connectivity index (χ4n) is 3.23. The van der Waals surface area contributed by atoms with Gasteiger partial charge < -0.3 is 10.6 Å². The molecule has 18 heavy (non-hydrogen) atoms. The van der Waals surface area contributed by atoms with Crippen LogP contribution in [0.2, 0.25) is 0 Å². The van der Waals surface area contributed by atoms with Gasteiger partial charge in [-0.3, -0.25) is 4.90 Å². The molecule has 2 unspecified atom stereocenters. The van der Waals surface area contributed by atoms with Crippen LogP contribution in [0.25, 0.3) is 0 Å². The van der Waals surface area contributed by atoms with Crippen LogP contribution in [0.5, 0.6) is 0 Å². The van der Waals surface area contributed by atoms with Crippen LogP contribution >= 0.6 is 0 Å². The van der Waals surface area contributed by atoms with Gasteiger partial charge in [0.1, 0.15) is 0 Å². The number of nitrogens with zero attached hydrogens (tertiary/aromatic N) is 4. The number of rotatable bonds is 2. The lowest BCUT2D eigenvalue weighted by Crippen LogP contribution is -2.55. The molecular formula is C13H21N5. The summed E-state index contributed by atoms with van der Waals surface area (Å²) in [6, 6.07) is 3.16. The molecular weight excluding hydrogens is 226 g/mol. The molecule has 1 aromatic rings. The molecule has 0 aliphatic carbocycles. The summed E-state index contributed by atoms with van der Waals surface area (Å²) in [5.41, 5.74) is 6.90. The normalized spacial score (nSPS) is 28.4. The molecule has 0 spiro atoms. The second-order valence-corrected chi connectivity index (χ2v) is 5.38. The molecule has 0 radical (unpaired) electrons. The molecule has 2 saturated heterocycles. The van der Waals surface area contributed by atoms with Crippen LogP contribution in [0.1, 0.15) is 25.3 Å². The maximum atomic E-state index is 5.80. The van der Waals surface area contributed by atoms with Crippen LogP contribution < -0.4 is 10.6 Å². The molecule has 98 valence electrons. The van der Waals surface area contributed by atoms with E-state index in [0.29, 0.717) is 18.6 Å². The molecule has 2 atom stereocenters. The summed E-state index contributed by atoms with van der Waals surface area (Å²) in [6.07, 6.45) is 4.36. The van der Waals surface area contributed by atoms with Crippen molar-refractivity contribution in [2.75, 3.05) is 24.5 Å². The number of hydrogen-bond donors (Lipinski definition) is 1. The van der Waals surface area contributed by atoms with Crippen molar-refractivity contribution in [3.8, 4) is 0 Å². The largest absolute Gasteiger partial charge is 0.349 e. The number of hydrogen-bond acceptors (Lipinski definition) is 5. The Morgan fingerprint density at radius 3 is 3.17 bits per heavy atom. The van der Waals surface area contributed by atoms with E-state index >= 15 is 0 Å². The molecule has 0 saturated carbocycles. The fraction of sp³-hybridized carbons (Fsp3) is 0.692. The van der Waals surface area contributed by atoms with Crippen LogP contribution in [-0.4, -0.2) is 46.8 Å². The number of fused-ring (bicyclic) bond motifs is 1. The summed E-state index contributed by atoms with van der Waals surface area (Å²) in [5, 5.41) is 8.34. The van der Waals surface area contributed by atoms with Crippen LogP contribution in [0.15, 0.2) is 12.3 Å². The third-order valence-corrected chi connectivity index (χ3v) is 4.21. The van der Waals surface area contributed by atoms with Crippen LogP contribution in [0.4, 0.5) is 5.82 Å². The second-order valence-electron chi connectivity index (χ2n) is 5.38. The van der Waals surface area contributed by atoms with Gasteiger partial charge in [0.25, 0.3) is 0 Å². The van der Waals surface area contributed by atoms with E-state index in [-0.39, 0.29) is 0 Å². The van der Waals surface area contributed by atoms with E-state index in [1.165, 1.54) is 19.4 Å². The number of piperazine rings is 1. The van der Waals surface area contributed by atoms with Gasteiger partial charge in [0.2, 0.25) is 0 Å². The van der Waals surface area contributed by atoms with Crippen molar-refractivity contribution >= 4 is 5.82 Å². The highest BCUT2D eigenvalue weighted by molar-refractivity contribution is 5.47. The maximum Gasteiger partial charge on any atom is 0.156 e. The minimum Gasteiger partial charge on any atom is -0.349 e. The SMILES string of the molecule is CC1CN2CCCC2CN1c1nnccc1CN. The summed E-state index contributed by atoms with van der Waals surface area (Å²) >= 11 is 0. The lowest BCUT2D eigenvalue weighted by Gasteiger charge is -2.43. The first-order chi connectivity index (χ1) is 8.79. The van der Waals surface area contributed by atoms with Crippen molar-refractivity contribution in [1.82, 2.24) is 15.1 Å². The Hall–Kier alpha value is -1.20. The van der Waals surface area contributed by atoms with Crippen molar-refractivity contribution in [2.24, 2.45) is 5.73 Å². The van der Waals surface area contributed by atoms with Crippen molar-refractivity contribution < 1.29 is 0 Å². The summed E-state index contributed by atoms with van der Waals surface area (Å²) in [5.74, 6) is 0.985. The molecule has 0 aromatic carbocycles. The topological polar surface area (TPSA) is 58.3 Å². The zero-order chi connectivity index (χ0) is 12.5. The summed E-state index contributed by atoms with van der Waals surface area (Å²) < 4.78 is 0. The highest BCUT2D eigenvalue weighted by atomic mass is 15.4. The van der Waals surface area contributed by atoms with Crippen molar-refractivity contribution in [3.05, 3.63) is 17.8 Å². The van der Waals surface area contributed by atoms with Crippen LogP contribution in [-0.2, 0) is 6.54 Å². The van der Waals surface area contributed by atoms with Gasteiger partial charge in [0.05, 0.1) is 6.20 Å². The molecule has 2 aliphatic rings. The first-order valence-corrected chi connectivity index (χ1v) is 6.81. The Morgan fingerprint density at radius 2 is 2.33 bits per heavy atom. The average molecular weight is 247 g/mol. The predicted molar refractivity (Wildman–Crippen MR) is 71.3 cm³/mol. The number of aromatic nitrogens is 2. The van der Waals surface area contributed by atoms with E-state index in [1.54, 1.807) is 6.20 Å². The average Bonchev–Trinajstić information content (AvgIpc) is 2.84. The monoisotopic (exact) mass is 247 g/mol. The molecule has 5 heteroatoms. The van der Waals surface area contributed by atoms with Gasteiger partial charge in [0, 0.05) is 37.3 Å². The Morgan fingerprint density at radius 1 is 1.44 bits per heavy atom. The highest BCUT2D eigenvalue weighted by Crippen LogP contribution is 2.28. The lowest BCUT2D eigenvalue weighted by atomic mass is 10.1. The van der Waals surface area contributed by atoms with Crippen LogP contribution in [0, 0.1) is 0 Å². The van der Waals surface area contributed by atoms with Gasteiger partial charge in [-0.15, -0.1) is 5.10 Å². The summed E-state index contributed by atoms with van der Waals surface area (Å²) in [6.45, 7) is 6.25. The molecule has 2 aliphatic heterocycles. The molecule has 0 bridgehead atoms. The Bertz CT molecular complexity index is 422. The van der Waals surface area contributed by atoms with E-state index in [4.69, 9.17) is 5.73 Å². The summed E-state index contributed by atoms with van der Waals surface area (Å²) in [4.78, 5) is 5.00. The number of anilines is 1. The Balaban J connectivity index is 1.86. The number of nitrogens with two attached hydrogens (primary N) is 1. The van der Waals surface area contributed by atoms with E-state index < -0.39 is 0 Å². The van der Waals surface area contributed by atoms with Crippen LogP contribution in [0.3, 0.4) is 0 Å². The van der Waals surface area contributed by atoms with Crippen molar-refractivity contribution in [3.63, 3.8) is 0 Å². The van der Waals surface area contributed by atoms with Crippen molar-refractivity contribution in [1.29, 1.82) is 0 Å². The summed E-state index contributed by atoms with van der Waals surface area (Å²) in [7, 11) is 0. The molecule has 1 aromatic heterocycles. The third kappa shape index (κ3) is 1.97. The lowest BCUT2D eigenvalue weighted by molar-refractivity contribution is 0.202. The van der Waals surface area contributed by atoms with Crippen molar-refractivity contribution in [2.45, 2.75) is 38.4 Å².